The van der Waals surface area contributed by atoms with Crippen LogP contribution in [0.15, 0.2) is 33.7 Å². The zero-order chi connectivity index (χ0) is 14.7. The highest BCUT2D eigenvalue weighted by Gasteiger charge is 2.23. The summed E-state index contributed by atoms with van der Waals surface area (Å²) < 4.78 is 5.27. The molecule has 1 aromatic heterocycles. The number of thioether (sulfide) groups is 1. The van der Waals surface area contributed by atoms with Crippen LogP contribution in [0.5, 0.6) is 0 Å². The molecule has 2 aromatic rings. The Kier molecular flexibility index (Phi) is 4.21. The van der Waals surface area contributed by atoms with E-state index in [9.17, 15) is 4.79 Å². The van der Waals surface area contributed by atoms with Crippen molar-refractivity contribution >= 4 is 17.7 Å². The second-order valence-electron chi connectivity index (χ2n) is 4.84. The van der Waals surface area contributed by atoms with Gasteiger partial charge in [0.05, 0.1) is 12.3 Å². The molecule has 110 valence electrons. The molecule has 6 nitrogen and oxygen atoms in total. The lowest BCUT2D eigenvalue weighted by atomic mass is 10.2. The van der Waals surface area contributed by atoms with Crippen molar-refractivity contribution in [3.05, 3.63) is 41.5 Å². The van der Waals surface area contributed by atoms with Gasteiger partial charge in [-0.3, -0.25) is 10.1 Å². The van der Waals surface area contributed by atoms with Gasteiger partial charge in [0.15, 0.2) is 5.82 Å². The van der Waals surface area contributed by atoms with Gasteiger partial charge in [-0.05, 0) is 18.6 Å². The average Bonchev–Trinajstić information content (AvgIpc) is 2.96. The average molecular weight is 304 g/mol. The van der Waals surface area contributed by atoms with Crippen LogP contribution in [0, 0.1) is 6.92 Å². The van der Waals surface area contributed by atoms with E-state index in [4.69, 9.17) is 4.52 Å². The van der Waals surface area contributed by atoms with Crippen LogP contribution in [0.1, 0.15) is 23.3 Å². The van der Waals surface area contributed by atoms with Crippen molar-refractivity contribution < 1.29 is 9.32 Å². The molecule has 0 radical (unpaired) electrons. The third-order valence-corrected chi connectivity index (χ3v) is 4.42. The Bertz CT molecular complexity index is 633. The maximum atomic E-state index is 11.1. The second-order valence-corrected chi connectivity index (χ2v) is 5.86. The lowest BCUT2D eigenvalue weighted by molar-refractivity contribution is -0.121. The van der Waals surface area contributed by atoms with Crippen LogP contribution >= 0.6 is 11.8 Å². The van der Waals surface area contributed by atoms with Gasteiger partial charge < -0.3 is 9.84 Å². The van der Waals surface area contributed by atoms with Crippen LogP contribution in [-0.4, -0.2) is 29.1 Å². The summed E-state index contributed by atoms with van der Waals surface area (Å²) in [5.41, 5.74) is 1.24. The van der Waals surface area contributed by atoms with E-state index >= 15 is 0 Å². The summed E-state index contributed by atoms with van der Waals surface area (Å²) in [6, 6.07) is 8.10. The SMILES string of the molecule is Cc1ccccc1SCc1noc(C2CNC(=O)CN2)n1. The largest absolute Gasteiger partial charge is 0.353 e. The Labute approximate surface area is 126 Å². The van der Waals surface area contributed by atoms with E-state index in [1.165, 1.54) is 10.5 Å². The molecular formula is C14H16N4O2S. The van der Waals surface area contributed by atoms with E-state index in [0.717, 1.165) is 0 Å². The molecule has 0 aliphatic carbocycles. The predicted octanol–water partition coefficient (Wildman–Crippen LogP) is 1.43. The van der Waals surface area contributed by atoms with E-state index in [1.807, 2.05) is 12.1 Å². The van der Waals surface area contributed by atoms with Crippen LogP contribution in [0.2, 0.25) is 0 Å². The fourth-order valence-electron chi connectivity index (χ4n) is 2.07. The van der Waals surface area contributed by atoms with Gasteiger partial charge in [-0.1, -0.05) is 23.4 Å². The van der Waals surface area contributed by atoms with Crippen LogP contribution in [0.3, 0.4) is 0 Å². The molecule has 2 N–H and O–H groups in total. The number of piperazine rings is 1. The first-order valence-electron chi connectivity index (χ1n) is 6.73. The zero-order valence-corrected chi connectivity index (χ0v) is 12.4. The van der Waals surface area contributed by atoms with E-state index < -0.39 is 0 Å². The molecular weight excluding hydrogens is 288 g/mol. The van der Waals surface area contributed by atoms with E-state index in [-0.39, 0.29) is 18.5 Å². The highest BCUT2D eigenvalue weighted by molar-refractivity contribution is 7.98. The molecule has 1 atom stereocenters. The number of nitrogens with one attached hydrogen (secondary N) is 2. The summed E-state index contributed by atoms with van der Waals surface area (Å²) in [6.45, 7) is 2.84. The number of aryl methyl sites for hydroxylation is 1. The van der Waals surface area contributed by atoms with E-state index in [1.54, 1.807) is 11.8 Å². The molecule has 21 heavy (non-hydrogen) atoms. The van der Waals surface area contributed by atoms with Gasteiger partial charge in [0.25, 0.3) is 0 Å². The molecule has 2 heterocycles. The Morgan fingerprint density at radius 1 is 1.43 bits per heavy atom. The quantitative estimate of drug-likeness (QED) is 0.832. The van der Waals surface area contributed by atoms with Crippen molar-refractivity contribution in [3.63, 3.8) is 0 Å². The topological polar surface area (TPSA) is 80.0 Å². The summed E-state index contributed by atoms with van der Waals surface area (Å²) in [6.07, 6.45) is 0. The predicted molar refractivity (Wildman–Crippen MR) is 78.8 cm³/mol. The normalized spacial score (nSPS) is 18.5. The number of amides is 1. The fraction of sp³-hybridized carbons (Fsp3) is 0.357. The molecule has 1 amide bonds. The molecule has 1 fully saturated rings. The third-order valence-electron chi connectivity index (χ3n) is 3.24. The number of nitrogens with zero attached hydrogens (tertiary/aromatic N) is 2. The van der Waals surface area contributed by atoms with Gasteiger partial charge in [0, 0.05) is 11.4 Å². The van der Waals surface area contributed by atoms with Crippen molar-refractivity contribution in [2.24, 2.45) is 0 Å². The molecule has 0 bridgehead atoms. The lowest BCUT2D eigenvalue weighted by Gasteiger charge is -2.20. The Hall–Kier alpha value is -1.86. The van der Waals surface area contributed by atoms with Gasteiger partial charge in [0.1, 0.15) is 6.04 Å². The molecule has 1 aliphatic heterocycles. The Balaban J connectivity index is 1.60. The van der Waals surface area contributed by atoms with Crippen LogP contribution in [-0.2, 0) is 10.5 Å². The standard InChI is InChI=1S/C14H16N4O2S/c1-9-4-2-3-5-11(9)21-8-12-17-14(20-18-12)10-6-16-13(19)7-15-10/h2-5,10,15H,6-8H2,1H3,(H,16,19). The molecule has 1 unspecified atom stereocenters. The molecule has 0 saturated carbocycles. The van der Waals surface area contributed by atoms with Gasteiger partial charge >= 0.3 is 0 Å². The Morgan fingerprint density at radius 2 is 2.29 bits per heavy atom. The molecule has 3 rings (SSSR count). The van der Waals surface area contributed by atoms with Crippen molar-refractivity contribution in [3.8, 4) is 0 Å². The molecule has 0 spiro atoms. The monoisotopic (exact) mass is 304 g/mol. The smallest absolute Gasteiger partial charge is 0.245 e. The minimum atomic E-state index is -0.104. The van der Waals surface area contributed by atoms with Gasteiger partial charge in [0.2, 0.25) is 11.8 Å². The first kappa shape index (κ1) is 14.1. The number of hydrogen-bond acceptors (Lipinski definition) is 6. The highest BCUT2D eigenvalue weighted by Crippen LogP contribution is 2.25. The van der Waals surface area contributed by atoms with Crippen LogP contribution in [0.4, 0.5) is 0 Å². The van der Waals surface area contributed by atoms with E-state index in [2.05, 4.69) is 39.8 Å². The molecule has 7 heteroatoms. The minimum Gasteiger partial charge on any atom is -0.353 e. The summed E-state index contributed by atoms with van der Waals surface area (Å²) in [7, 11) is 0. The number of rotatable bonds is 4. The summed E-state index contributed by atoms with van der Waals surface area (Å²) in [5, 5.41) is 9.83. The summed E-state index contributed by atoms with van der Waals surface area (Å²) in [5.74, 6) is 1.83. The Morgan fingerprint density at radius 3 is 3.05 bits per heavy atom. The molecule has 1 aromatic carbocycles. The maximum absolute atomic E-state index is 11.1. The van der Waals surface area contributed by atoms with Gasteiger partial charge in [-0.2, -0.15) is 4.98 Å². The van der Waals surface area contributed by atoms with Crippen LogP contribution < -0.4 is 10.6 Å². The van der Waals surface area contributed by atoms with Gasteiger partial charge in [-0.25, -0.2) is 0 Å². The van der Waals surface area contributed by atoms with E-state index in [0.29, 0.717) is 24.0 Å². The number of carbonyl (C=O) groups excluding carboxylic acids is 1. The fourth-order valence-corrected chi connectivity index (χ4v) is 2.94. The van der Waals surface area contributed by atoms with Gasteiger partial charge in [-0.15, -0.1) is 11.8 Å². The van der Waals surface area contributed by atoms with Crippen molar-refractivity contribution in [2.75, 3.05) is 13.1 Å². The molecule has 1 aliphatic rings. The van der Waals surface area contributed by atoms with Crippen molar-refractivity contribution in [2.45, 2.75) is 23.6 Å². The first-order chi connectivity index (χ1) is 10.2. The van der Waals surface area contributed by atoms with Crippen molar-refractivity contribution in [1.29, 1.82) is 0 Å². The number of aromatic nitrogens is 2. The second kappa shape index (κ2) is 6.28. The van der Waals surface area contributed by atoms with Crippen LogP contribution in [0.25, 0.3) is 0 Å². The number of hydrogen-bond donors (Lipinski definition) is 2. The summed E-state index contributed by atoms with van der Waals surface area (Å²) in [4.78, 5) is 16.7. The third kappa shape index (κ3) is 3.43. The maximum Gasteiger partial charge on any atom is 0.245 e. The summed E-state index contributed by atoms with van der Waals surface area (Å²) >= 11 is 1.69. The molecule has 1 saturated heterocycles. The highest BCUT2D eigenvalue weighted by atomic mass is 32.2. The zero-order valence-electron chi connectivity index (χ0n) is 11.6. The minimum absolute atomic E-state index is 0.0129. The number of carbonyl (C=O) groups is 1. The van der Waals surface area contributed by atoms with Crippen molar-refractivity contribution in [1.82, 2.24) is 20.8 Å². The first-order valence-corrected chi connectivity index (χ1v) is 7.72. The number of benzene rings is 1. The lowest BCUT2D eigenvalue weighted by Crippen LogP contribution is -2.47.